The number of carbonyl (C=O) groups is 2. The van der Waals surface area contributed by atoms with Crippen molar-refractivity contribution in [3.63, 3.8) is 0 Å². The molecule has 2 aliphatic rings. The standard InChI is InChI=1S/C21H21ClN4O3S/c22-15-7-8-17(23-11-15)18(27)24-16-6-3-5-13(10-16)21-9-2-1-4-14(21)12-30-19(26-21)25-20(28)29/h3,5-8,10-11,14H,1-2,4,9,12H2,(H,24,27)(H,25,26)(H,28,29)/t14?,21-/m1/s1. The quantitative estimate of drug-likeness (QED) is 0.634. The van der Waals surface area contributed by atoms with Crippen LogP contribution in [0.4, 0.5) is 10.5 Å². The van der Waals surface area contributed by atoms with Crippen LogP contribution in [0, 0.1) is 5.92 Å². The van der Waals surface area contributed by atoms with Gasteiger partial charge >= 0.3 is 6.09 Å². The maximum absolute atomic E-state index is 12.5. The largest absolute Gasteiger partial charge is 0.465 e. The van der Waals surface area contributed by atoms with Gasteiger partial charge in [-0.15, -0.1) is 0 Å². The summed E-state index contributed by atoms with van der Waals surface area (Å²) in [5.41, 5.74) is 1.42. The molecule has 1 aromatic heterocycles. The second-order valence-corrected chi connectivity index (χ2v) is 8.87. The Morgan fingerprint density at radius 3 is 2.83 bits per heavy atom. The number of nitrogens with one attached hydrogen (secondary N) is 2. The lowest BCUT2D eigenvalue weighted by Crippen LogP contribution is -2.44. The monoisotopic (exact) mass is 444 g/mol. The van der Waals surface area contributed by atoms with Crippen LogP contribution in [0.3, 0.4) is 0 Å². The first kappa shape index (κ1) is 20.7. The normalized spacial score (nSPS) is 23.1. The van der Waals surface area contributed by atoms with Crippen LogP contribution in [-0.2, 0) is 5.54 Å². The van der Waals surface area contributed by atoms with Crippen molar-refractivity contribution in [2.24, 2.45) is 10.9 Å². The van der Waals surface area contributed by atoms with E-state index in [9.17, 15) is 9.59 Å². The minimum absolute atomic E-state index is 0.276. The average molecular weight is 445 g/mol. The molecule has 2 atom stereocenters. The summed E-state index contributed by atoms with van der Waals surface area (Å²) in [4.78, 5) is 32.6. The van der Waals surface area contributed by atoms with E-state index in [0.717, 1.165) is 37.0 Å². The molecule has 9 heteroatoms. The van der Waals surface area contributed by atoms with Crippen LogP contribution in [0.1, 0.15) is 41.7 Å². The molecular formula is C21H21ClN4O3S. The number of pyridine rings is 1. The number of carboxylic acid groups (broad SMARTS) is 1. The SMILES string of the molecule is O=C(O)NC1=N[C@@]2(c3cccc(NC(=O)c4ccc(Cl)cn4)c3)CCCCC2CS1. The second kappa shape index (κ2) is 8.65. The van der Waals surface area contributed by atoms with Crippen molar-refractivity contribution >= 4 is 46.2 Å². The Kier molecular flexibility index (Phi) is 5.97. The average Bonchev–Trinajstić information content (AvgIpc) is 2.74. The van der Waals surface area contributed by atoms with Gasteiger partial charge in [-0.2, -0.15) is 0 Å². The Balaban J connectivity index is 1.64. The van der Waals surface area contributed by atoms with Crippen LogP contribution in [-0.4, -0.2) is 33.0 Å². The topological polar surface area (TPSA) is 104 Å². The smallest absolute Gasteiger partial charge is 0.410 e. The molecule has 2 heterocycles. The number of rotatable bonds is 3. The lowest BCUT2D eigenvalue weighted by atomic mass is 9.70. The molecule has 1 aromatic carbocycles. The number of hydrogen-bond donors (Lipinski definition) is 3. The molecular weight excluding hydrogens is 424 g/mol. The number of anilines is 1. The third-order valence-electron chi connectivity index (χ3n) is 5.55. The van der Waals surface area contributed by atoms with E-state index in [1.165, 1.54) is 18.0 Å². The van der Waals surface area contributed by atoms with E-state index in [1.807, 2.05) is 24.3 Å². The van der Waals surface area contributed by atoms with E-state index < -0.39 is 11.6 Å². The van der Waals surface area contributed by atoms with Gasteiger partial charge in [-0.1, -0.05) is 48.3 Å². The van der Waals surface area contributed by atoms with Crippen LogP contribution in [0.25, 0.3) is 0 Å². The number of aromatic nitrogens is 1. The van der Waals surface area contributed by atoms with E-state index in [2.05, 4.69) is 15.6 Å². The number of hydrogen-bond acceptors (Lipinski definition) is 5. The van der Waals surface area contributed by atoms with Gasteiger partial charge in [-0.25, -0.2) is 9.78 Å². The van der Waals surface area contributed by atoms with Gasteiger partial charge in [0.2, 0.25) is 0 Å². The third kappa shape index (κ3) is 4.29. The number of thioether (sulfide) groups is 1. The molecule has 1 fully saturated rings. The molecule has 1 aliphatic carbocycles. The molecule has 2 aromatic rings. The van der Waals surface area contributed by atoms with Gasteiger partial charge in [-0.05, 0) is 48.6 Å². The fourth-order valence-corrected chi connectivity index (χ4v) is 5.46. The van der Waals surface area contributed by atoms with E-state index in [4.69, 9.17) is 21.7 Å². The number of amides is 2. The van der Waals surface area contributed by atoms with Gasteiger partial charge in [0.1, 0.15) is 5.69 Å². The van der Waals surface area contributed by atoms with Crippen LogP contribution >= 0.6 is 23.4 Å². The molecule has 3 N–H and O–H groups in total. The number of aliphatic imine (C=N–C) groups is 1. The summed E-state index contributed by atoms with van der Waals surface area (Å²) in [5.74, 6) is 0.807. The minimum Gasteiger partial charge on any atom is -0.465 e. The predicted molar refractivity (Wildman–Crippen MR) is 118 cm³/mol. The highest BCUT2D eigenvalue weighted by atomic mass is 35.5. The molecule has 4 rings (SSSR count). The Morgan fingerprint density at radius 2 is 2.07 bits per heavy atom. The minimum atomic E-state index is -1.11. The zero-order valence-electron chi connectivity index (χ0n) is 16.1. The molecule has 0 saturated heterocycles. The van der Waals surface area contributed by atoms with Crippen molar-refractivity contribution in [1.29, 1.82) is 0 Å². The number of carbonyl (C=O) groups excluding carboxylic acids is 1. The van der Waals surface area contributed by atoms with Crippen LogP contribution < -0.4 is 10.6 Å². The zero-order valence-corrected chi connectivity index (χ0v) is 17.7. The summed E-state index contributed by atoms with van der Waals surface area (Å²) in [6.45, 7) is 0. The number of amidine groups is 1. The van der Waals surface area contributed by atoms with Gasteiger partial charge in [0.15, 0.2) is 5.17 Å². The zero-order chi connectivity index (χ0) is 21.1. The van der Waals surface area contributed by atoms with E-state index in [1.54, 1.807) is 12.1 Å². The van der Waals surface area contributed by atoms with Crippen molar-refractivity contribution in [3.05, 3.63) is 58.9 Å². The fraction of sp³-hybridized carbons (Fsp3) is 0.333. The maximum atomic E-state index is 12.5. The first-order valence-corrected chi connectivity index (χ1v) is 11.1. The number of benzene rings is 1. The Bertz CT molecular complexity index is 998. The van der Waals surface area contributed by atoms with Crippen molar-refractivity contribution in [1.82, 2.24) is 10.3 Å². The summed E-state index contributed by atoms with van der Waals surface area (Å²) in [6.07, 6.45) is 4.38. The highest BCUT2D eigenvalue weighted by Gasteiger charge is 2.45. The lowest BCUT2D eigenvalue weighted by Gasteiger charge is -2.44. The van der Waals surface area contributed by atoms with E-state index >= 15 is 0 Å². The molecule has 30 heavy (non-hydrogen) atoms. The van der Waals surface area contributed by atoms with Crippen LogP contribution in [0.2, 0.25) is 5.02 Å². The van der Waals surface area contributed by atoms with E-state index in [0.29, 0.717) is 21.8 Å². The predicted octanol–water partition coefficient (Wildman–Crippen LogP) is 4.74. The Labute approximate surface area is 183 Å². The molecule has 2 amide bonds. The van der Waals surface area contributed by atoms with Crippen molar-refractivity contribution < 1.29 is 14.7 Å². The van der Waals surface area contributed by atoms with Crippen LogP contribution in [0.5, 0.6) is 0 Å². The molecule has 7 nitrogen and oxygen atoms in total. The van der Waals surface area contributed by atoms with Crippen LogP contribution in [0.15, 0.2) is 47.6 Å². The molecule has 0 spiro atoms. The first-order chi connectivity index (χ1) is 14.5. The third-order valence-corrected chi connectivity index (χ3v) is 6.81. The molecule has 1 unspecified atom stereocenters. The number of nitrogens with zero attached hydrogens (tertiary/aromatic N) is 2. The van der Waals surface area contributed by atoms with Gasteiger partial charge in [-0.3, -0.25) is 15.1 Å². The maximum Gasteiger partial charge on any atom is 0.410 e. The van der Waals surface area contributed by atoms with Crippen molar-refractivity contribution in [2.45, 2.75) is 31.2 Å². The Morgan fingerprint density at radius 1 is 1.20 bits per heavy atom. The number of halogens is 1. The molecule has 1 saturated carbocycles. The van der Waals surface area contributed by atoms with E-state index in [-0.39, 0.29) is 11.6 Å². The Hall–Kier alpha value is -2.58. The van der Waals surface area contributed by atoms with Gasteiger partial charge in [0, 0.05) is 17.6 Å². The number of fused-ring (bicyclic) bond motifs is 1. The van der Waals surface area contributed by atoms with Gasteiger partial charge in [0.05, 0.1) is 10.6 Å². The molecule has 0 bridgehead atoms. The summed E-state index contributed by atoms with van der Waals surface area (Å²) >= 11 is 7.29. The van der Waals surface area contributed by atoms with Gasteiger partial charge < -0.3 is 10.4 Å². The molecule has 1 aliphatic heterocycles. The van der Waals surface area contributed by atoms with Crippen molar-refractivity contribution in [3.8, 4) is 0 Å². The molecule has 0 radical (unpaired) electrons. The van der Waals surface area contributed by atoms with Gasteiger partial charge in [0.25, 0.3) is 5.91 Å². The fourth-order valence-electron chi connectivity index (χ4n) is 4.16. The highest BCUT2D eigenvalue weighted by Crippen LogP contribution is 2.49. The summed E-state index contributed by atoms with van der Waals surface area (Å²) in [5, 5.41) is 15.3. The summed E-state index contributed by atoms with van der Waals surface area (Å²) < 4.78 is 0. The molecule has 156 valence electrons. The first-order valence-electron chi connectivity index (χ1n) is 9.72. The van der Waals surface area contributed by atoms with Crippen molar-refractivity contribution in [2.75, 3.05) is 11.1 Å². The second-order valence-electron chi connectivity index (χ2n) is 7.42. The summed E-state index contributed by atoms with van der Waals surface area (Å²) in [6, 6.07) is 10.9. The highest BCUT2D eigenvalue weighted by molar-refractivity contribution is 8.13. The summed E-state index contributed by atoms with van der Waals surface area (Å²) in [7, 11) is 0. The lowest BCUT2D eigenvalue weighted by molar-refractivity contribution is 0.102.